The molecule has 2 rings (SSSR count). The van der Waals surface area contributed by atoms with E-state index in [1.165, 1.54) is 10.4 Å². The van der Waals surface area contributed by atoms with Crippen molar-refractivity contribution < 1.29 is 0 Å². The highest BCUT2D eigenvalue weighted by Gasteiger charge is 2.08. The molecule has 84 valence electrons. The second-order valence-corrected chi connectivity index (χ2v) is 4.60. The molecule has 0 aliphatic heterocycles. The Hall–Kier alpha value is -1.39. The standard InChI is InChI=1S/C12H15N3S/c1-3-9(2)13-7-10-8-14-15-12(10)11-5-4-6-16-11/h3-6,8-9,13H,1,7H2,2H3,(H,14,15). The molecule has 0 aliphatic carbocycles. The minimum atomic E-state index is 0.311. The first kappa shape index (κ1) is 11.1. The fourth-order valence-electron chi connectivity index (χ4n) is 1.43. The smallest absolute Gasteiger partial charge is 0.0794 e. The minimum absolute atomic E-state index is 0.311. The molecule has 1 atom stereocenters. The number of H-pyrrole nitrogens is 1. The molecule has 3 nitrogen and oxygen atoms in total. The highest BCUT2D eigenvalue weighted by atomic mass is 32.1. The average Bonchev–Trinajstić information content (AvgIpc) is 2.95. The summed E-state index contributed by atoms with van der Waals surface area (Å²) in [7, 11) is 0. The molecule has 0 saturated carbocycles. The van der Waals surface area contributed by atoms with Gasteiger partial charge in [0.2, 0.25) is 0 Å². The van der Waals surface area contributed by atoms with Gasteiger partial charge in [-0.2, -0.15) is 5.10 Å². The molecule has 0 fully saturated rings. The van der Waals surface area contributed by atoms with Crippen LogP contribution in [0.25, 0.3) is 10.6 Å². The Morgan fingerprint density at radius 2 is 2.56 bits per heavy atom. The summed E-state index contributed by atoms with van der Waals surface area (Å²) >= 11 is 1.72. The molecule has 1 unspecified atom stereocenters. The summed E-state index contributed by atoms with van der Waals surface area (Å²) in [5.74, 6) is 0. The van der Waals surface area contributed by atoms with Crippen molar-refractivity contribution in [2.75, 3.05) is 0 Å². The topological polar surface area (TPSA) is 40.7 Å². The van der Waals surface area contributed by atoms with E-state index in [-0.39, 0.29) is 0 Å². The maximum Gasteiger partial charge on any atom is 0.0794 e. The third kappa shape index (κ3) is 2.40. The van der Waals surface area contributed by atoms with Gasteiger partial charge in [-0.25, -0.2) is 0 Å². The molecule has 0 bridgehead atoms. The monoisotopic (exact) mass is 233 g/mol. The fraction of sp³-hybridized carbons (Fsp3) is 0.250. The molecule has 0 aromatic carbocycles. The average molecular weight is 233 g/mol. The summed E-state index contributed by atoms with van der Waals surface area (Å²) in [4.78, 5) is 1.22. The van der Waals surface area contributed by atoms with Crippen molar-refractivity contribution in [3.05, 3.63) is 41.9 Å². The van der Waals surface area contributed by atoms with Crippen molar-refractivity contribution in [1.82, 2.24) is 15.5 Å². The molecule has 0 saturated heterocycles. The Balaban J connectivity index is 2.11. The van der Waals surface area contributed by atoms with Crippen LogP contribution < -0.4 is 5.32 Å². The summed E-state index contributed by atoms with van der Waals surface area (Å²) in [6.45, 7) is 6.63. The second kappa shape index (κ2) is 5.09. The van der Waals surface area contributed by atoms with Crippen LogP contribution in [0.1, 0.15) is 12.5 Å². The number of nitrogens with one attached hydrogen (secondary N) is 2. The van der Waals surface area contributed by atoms with Crippen LogP contribution in [0, 0.1) is 0 Å². The van der Waals surface area contributed by atoms with E-state index in [4.69, 9.17) is 0 Å². The van der Waals surface area contributed by atoms with Crippen LogP contribution in [-0.4, -0.2) is 16.2 Å². The molecule has 2 aromatic rings. The third-order valence-electron chi connectivity index (χ3n) is 2.45. The van der Waals surface area contributed by atoms with Gasteiger partial charge in [-0.05, 0) is 18.4 Å². The van der Waals surface area contributed by atoms with E-state index in [1.54, 1.807) is 11.3 Å². The molecule has 0 aliphatic rings. The number of hydrogen-bond acceptors (Lipinski definition) is 3. The molecule has 0 spiro atoms. The van der Waals surface area contributed by atoms with E-state index in [1.807, 2.05) is 18.3 Å². The number of hydrogen-bond donors (Lipinski definition) is 2. The Morgan fingerprint density at radius 3 is 3.25 bits per heavy atom. The lowest BCUT2D eigenvalue weighted by Crippen LogP contribution is -2.22. The molecule has 0 amide bonds. The van der Waals surface area contributed by atoms with E-state index in [2.05, 4.69) is 40.5 Å². The molecule has 0 radical (unpaired) electrons. The maximum absolute atomic E-state index is 4.10. The number of nitrogens with zero attached hydrogens (tertiary/aromatic N) is 1. The lowest BCUT2D eigenvalue weighted by Gasteiger charge is -2.08. The summed E-state index contributed by atoms with van der Waals surface area (Å²) in [6.07, 6.45) is 3.77. The van der Waals surface area contributed by atoms with Crippen molar-refractivity contribution >= 4 is 11.3 Å². The zero-order chi connectivity index (χ0) is 11.4. The molecule has 2 heterocycles. The summed E-state index contributed by atoms with van der Waals surface area (Å²) in [5.41, 5.74) is 2.30. The zero-order valence-corrected chi connectivity index (χ0v) is 10.1. The number of rotatable bonds is 5. The van der Waals surface area contributed by atoms with Gasteiger partial charge in [0, 0.05) is 18.2 Å². The van der Waals surface area contributed by atoms with Gasteiger partial charge < -0.3 is 5.32 Å². The van der Waals surface area contributed by atoms with Crippen molar-refractivity contribution in [1.29, 1.82) is 0 Å². The quantitative estimate of drug-likeness (QED) is 0.780. The van der Waals surface area contributed by atoms with E-state index in [0.29, 0.717) is 6.04 Å². The van der Waals surface area contributed by atoms with Gasteiger partial charge in [0.25, 0.3) is 0 Å². The normalized spacial score (nSPS) is 12.6. The van der Waals surface area contributed by atoms with Gasteiger partial charge in [-0.3, -0.25) is 5.10 Å². The van der Waals surface area contributed by atoms with Gasteiger partial charge in [0.15, 0.2) is 0 Å². The van der Waals surface area contributed by atoms with Crippen molar-refractivity contribution in [2.45, 2.75) is 19.5 Å². The van der Waals surface area contributed by atoms with E-state index >= 15 is 0 Å². The lowest BCUT2D eigenvalue weighted by atomic mass is 10.2. The highest BCUT2D eigenvalue weighted by Crippen LogP contribution is 2.25. The third-order valence-corrected chi connectivity index (χ3v) is 3.34. The van der Waals surface area contributed by atoms with Gasteiger partial charge in [-0.15, -0.1) is 17.9 Å². The first-order chi connectivity index (χ1) is 7.81. The van der Waals surface area contributed by atoms with Crippen LogP contribution in [0.15, 0.2) is 36.4 Å². The van der Waals surface area contributed by atoms with Crippen LogP contribution in [0.2, 0.25) is 0 Å². The predicted molar refractivity (Wildman–Crippen MR) is 68.4 cm³/mol. The van der Waals surface area contributed by atoms with E-state index in [0.717, 1.165) is 12.2 Å². The minimum Gasteiger partial charge on any atom is -0.307 e. The fourth-order valence-corrected chi connectivity index (χ4v) is 2.19. The zero-order valence-electron chi connectivity index (χ0n) is 9.23. The maximum atomic E-state index is 4.10. The van der Waals surface area contributed by atoms with Crippen molar-refractivity contribution in [3.63, 3.8) is 0 Å². The molecule has 4 heteroatoms. The molecular weight excluding hydrogens is 218 g/mol. The Morgan fingerprint density at radius 1 is 1.69 bits per heavy atom. The van der Waals surface area contributed by atoms with Crippen molar-refractivity contribution in [2.24, 2.45) is 0 Å². The predicted octanol–water partition coefficient (Wildman–Crippen LogP) is 2.80. The Bertz CT molecular complexity index is 445. The molecular formula is C12H15N3S. The number of aromatic amines is 1. The highest BCUT2D eigenvalue weighted by molar-refractivity contribution is 7.13. The SMILES string of the molecule is C=CC(C)NCc1cn[nH]c1-c1cccs1. The molecule has 16 heavy (non-hydrogen) atoms. The lowest BCUT2D eigenvalue weighted by molar-refractivity contribution is 0.635. The second-order valence-electron chi connectivity index (χ2n) is 3.65. The van der Waals surface area contributed by atoms with Crippen LogP contribution in [0.5, 0.6) is 0 Å². The number of aromatic nitrogens is 2. The van der Waals surface area contributed by atoms with Crippen LogP contribution in [0.3, 0.4) is 0 Å². The van der Waals surface area contributed by atoms with Gasteiger partial charge in [0.05, 0.1) is 16.8 Å². The largest absolute Gasteiger partial charge is 0.307 e. The van der Waals surface area contributed by atoms with Gasteiger partial charge in [-0.1, -0.05) is 12.1 Å². The summed E-state index contributed by atoms with van der Waals surface area (Å²) in [6, 6.07) is 4.45. The Labute approximate surface area is 99.2 Å². The first-order valence-corrected chi connectivity index (χ1v) is 6.11. The number of thiophene rings is 1. The van der Waals surface area contributed by atoms with Gasteiger partial charge >= 0.3 is 0 Å². The van der Waals surface area contributed by atoms with Crippen LogP contribution in [-0.2, 0) is 6.54 Å². The van der Waals surface area contributed by atoms with E-state index in [9.17, 15) is 0 Å². The summed E-state index contributed by atoms with van der Waals surface area (Å²) in [5, 5.41) is 12.6. The van der Waals surface area contributed by atoms with Crippen LogP contribution in [0.4, 0.5) is 0 Å². The van der Waals surface area contributed by atoms with Gasteiger partial charge in [0.1, 0.15) is 0 Å². The van der Waals surface area contributed by atoms with Crippen molar-refractivity contribution in [3.8, 4) is 10.6 Å². The molecule has 2 N–H and O–H groups in total. The summed E-state index contributed by atoms with van der Waals surface area (Å²) < 4.78 is 0. The molecule has 2 aromatic heterocycles. The Kier molecular flexibility index (Phi) is 3.54. The van der Waals surface area contributed by atoms with Crippen LogP contribution >= 0.6 is 11.3 Å². The van der Waals surface area contributed by atoms with E-state index < -0.39 is 0 Å². The first-order valence-electron chi connectivity index (χ1n) is 5.23.